The Kier molecular flexibility index (Phi) is 4.69. The lowest BCUT2D eigenvalue weighted by Gasteiger charge is -2.31. The maximum atomic E-state index is 6.27. The molecule has 2 rings (SSSR count). The van der Waals surface area contributed by atoms with Crippen LogP contribution in [0.4, 0.5) is 0 Å². The molecule has 1 aromatic rings. The van der Waals surface area contributed by atoms with E-state index in [-0.39, 0.29) is 5.92 Å². The van der Waals surface area contributed by atoms with Crippen molar-refractivity contribution in [3.05, 3.63) is 33.8 Å². The first-order valence-corrected chi connectivity index (χ1v) is 6.87. The minimum atomic E-state index is 0.251. The van der Waals surface area contributed by atoms with Crippen molar-refractivity contribution in [1.29, 1.82) is 0 Å². The molecule has 1 heterocycles. The molecule has 2 unspecified atom stereocenters. The van der Waals surface area contributed by atoms with Crippen molar-refractivity contribution in [2.24, 2.45) is 5.73 Å². The van der Waals surface area contributed by atoms with E-state index in [9.17, 15) is 0 Å². The number of nitrogens with one attached hydrogen (secondary N) is 1. The minimum absolute atomic E-state index is 0.251. The van der Waals surface area contributed by atoms with Crippen LogP contribution in [0.25, 0.3) is 0 Å². The molecule has 0 spiro atoms. The monoisotopic (exact) mass is 272 g/mol. The standard InChI is InChI=1S/C13H18Cl2N2/c14-11-5-3-4-9(13(11)15)10(8-16)12-6-1-2-7-17-12/h3-5,10,12,17H,1-2,6-8,16H2. The fraction of sp³-hybridized carbons (Fsp3) is 0.538. The van der Waals surface area contributed by atoms with Gasteiger partial charge in [0.1, 0.15) is 0 Å². The summed E-state index contributed by atoms with van der Waals surface area (Å²) in [6, 6.07) is 6.21. The zero-order chi connectivity index (χ0) is 12.3. The van der Waals surface area contributed by atoms with Crippen molar-refractivity contribution in [3.8, 4) is 0 Å². The van der Waals surface area contributed by atoms with Crippen LogP contribution in [-0.4, -0.2) is 19.1 Å². The minimum Gasteiger partial charge on any atom is -0.330 e. The van der Waals surface area contributed by atoms with E-state index >= 15 is 0 Å². The van der Waals surface area contributed by atoms with E-state index in [0.717, 1.165) is 18.5 Å². The fourth-order valence-electron chi connectivity index (χ4n) is 2.54. The topological polar surface area (TPSA) is 38.0 Å². The number of halogens is 2. The molecule has 1 aliphatic rings. The molecule has 3 N–H and O–H groups in total. The summed E-state index contributed by atoms with van der Waals surface area (Å²) in [5.41, 5.74) is 6.98. The highest BCUT2D eigenvalue weighted by Crippen LogP contribution is 2.33. The Labute approximate surface area is 112 Å². The van der Waals surface area contributed by atoms with Crippen LogP contribution in [-0.2, 0) is 0 Å². The second-order valence-corrected chi connectivity index (χ2v) is 5.33. The SMILES string of the molecule is NCC(c1cccc(Cl)c1Cl)C1CCCCN1. The smallest absolute Gasteiger partial charge is 0.0628 e. The Morgan fingerprint density at radius 1 is 1.35 bits per heavy atom. The molecule has 0 saturated carbocycles. The van der Waals surface area contributed by atoms with Gasteiger partial charge in [-0.05, 0) is 31.0 Å². The molecule has 0 radical (unpaired) electrons. The van der Waals surface area contributed by atoms with Gasteiger partial charge in [-0.3, -0.25) is 0 Å². The predicted molar refractivity (Wildman–Crippen MR) is 73.9 cm³/mol. The van der Waals surface area contributed by atoms with Crippen LogP contribution < -0.4 is 11.1 Å². The largest absolute Gasteiger partial charge is 0.330 e. The van der Waals surface area contributed by atoms with Crippen molar-refractivity contribution >= 4 is 23.2 Å². The third kappa shape index (κ3) is 2.94. The van der Waals surface area contributed by atoms with Gasteiger partial charge >= 0.3 is 0 Å². The number of hydrogen-bond donors (Lipinski definition) is 2. The maximum Gasteiger partial charge on any atom is 0.0628 e. The first-order chi connectivity index (χ1) is 8.24. The second-order valence-electron chi connectivity index (χ2n) is 4.54. The average molecular weight is 273 g/mol. The number of hydrogen-bond acceptors (Lipinski definition) is 2. The van der Waals surface area contributed by atoms with Gasteiger partial charge in [0, 0.05) is 18.5 Å². The number of benzene rings is 1. The van der Waals surface area contributed by atoms with Gasteiger partial charge in [0.25, 0.3) is 0 Å². The first-order valence-electron chi connectivity index (χ1n) is 6.11. The average Bonchev–Trinajstić information content (AvgIpc) is 2.37. The van der Waals surface area contributed by atoms with Crippen LogP contribution in [0, 0.1) is 0 Å². The summed E-state index contributed by atoms with van der Waals surface area (Å²) < 4.78 is 0. The molecule has 0 aromatic heterocycles. The molecule has 2 atom stereocenters. The Balaban J connectivity index is 2.24. The molecular formula is C13H18Cl2N2. The molecule has 0 amide bonds. The Morgan fingerprint density at radius 3 is 2.82 bits per heavy atom. The Morgan fingerprint density at radius 2 is 2.18 bits per heavy atom. The van der Waals surface area contributed by atoms with Gasteiger partial charge < -0.3 is 11.1 Å². The summed E-state index contributed by atoms with van der Waals surface area (Å²) >= 11 is 12.3. The maximum absolute atomic E-state index is 6.27. The van der Waals surface area contributed by atoms with Gasteiger partial charge in [0.2, 0.25) is 0 Å². The van der Waals surface area contributed by atoms with Gasteiger partial charge in [0.05, 0.1) is 10.0 Å². The van der Waals surface area contributed by atoms with Gasteiger partial charge in [-0.25, -0.2) is 0 Å². The highest BCUT2D eigenvalue weighted by Gasteiger charge is 2.25. The number of rotatable bonds is 3. The summed E-state index contributed by atoms with van der Waals surface area (Å²) in [5, 5.41) is 4.79. The van der Waals surface area contributed by atoms with Crippen LogP contribution in [0.2, 0.25) is 10.0 Å². The lowest BCUT2D eigenvalue weighted by molar-refractivity contribution is 0.352. The molecule has 17 heavy (non-hydrogen) atoms. The zero-order valence-corrected chi connectivity index (χ0v) is 11.3. The third-order valence-corrected chi connectivity index (χ3v) is 4.30. The second kappa shape index (κ2) is 6.05. The van der Waals surface area contributed by atoms with Crippen molar-refractivity contribution in [2.75, 3.05) is 13.1 Å². The predicted octanol–water partition coefficient (Wildman–Crippen LogP) is 3.18. The van der Waals surface area contributed by atoms with Crippen molar-refractivity contribution in [2.45, 2.75) is 31.2 Å². The molecule has 4 heteroatoms. The highest BCUT2D eigenvalue weighted by atomic mass is 35.5. The summed E-state index contributed by atoms with van der Waals surface area (Å²) in [7, 11) is 0. The normalized spacial score (nSPS) is 22.4. The number of piperidine rings is 1. The van der Waals surface area contributed by atoms with E-state index in [4.69, 9.17) is 28.9 Å². The van der Waals surface area contributed by atoms with Crippen molar-refractivity contribution < 1.29 is 0 Å². The molecule has 1 saturated heterocycles. The molecule has 94 valence electrons. The summed E-state index contributed by atoms with van der Waals surface area (Å²) in [5.74, 6) is 0.251. The molecule has 0 aliphatic carbocycles. The fourth-order valence-corrected chi connectivity index (χ4v) is 2.99. The van der Waals surface area contributed by atoms with E-state index in [1.54, 1.807) is 0 Å². The van der Waals surface area contributed by atoms with E-state index in [2.05, 4.69) is 5.32 Å². The van der Waals surface area contributed by atoms with Crippen molar-refractivity contribution in [1.82, 2.24) is 5.32 Å². The summed E-state index contributed by atoms with van der Waals surface area (Å²) in [6.45, 7) is 1.66. The van der Waals surface area contributed by atoms with Crippen LogP contribution in [0.15, 0.2) is 18.2 Å². The van der Waals surface area contributed by atoms with E-state index < -0.39 is 0 Å². The summed E-state index contributed by atoms with van der Waals surface area (Å²) in [6.07, 6.45) is 3.66. The van der Waals surface area contributed by atoms with Crippen LogP contribution in [0.3, 0.4) is 0 Å². The highest BCUT2D eigenvalue weighted by molar-refractivity contribution is 6.42. The quantitative estimate of drug-likeness (QED) is 0.887. The third-order valence-electron chi connectivity index (χ3n) is 3.47. The lowest BCUT2D eigenvalue weighted by Crippen LogP contribution is -2.41. The van der Waals surface area contributed by atoms with Gasteiger partial charge in [-0.15, -0.1) is 0 Å². The van der Waals surface area contributed by atoms with E-state index in [0.29, 0.717) is 22.6 Å². The molecular weight excluding hydrogens is 255 g/mol. The molecule has 1 aromatic carbocycles. The molecule has 0 bridgehead atoms. The molecule has 1 aliphatic heterocycles. The van der Waals surface area contributed by atoms with Crippen LogP contribution >= 0.6 is 23.2 Å². The van der Waals surface area contributed by atoms with Crippen molar-refractivity contribution in [3.63, 3.8) is 0 Å². The molecule has 2 nitrogen and oxygen atoms in total. The zero-order valence-electron chi connectivity index (χ0n) is 9.76. The van der Waals surface area contributed by atoms with Crippen LogP contribution in [0.5, 0.6) is 0 Å². The Bertz CT molecular complexity index is 376. The van der Waals surface area contributed by atoms with E-state index in [1.165, 1.54) is 12.8 Å². The molecule has 1 fully saturated rings. The lowest BCUT2D eigenvalue weighted by atomic mass is 9.86. The van der Waals surface area contributed by atoms with Gasteiger partial charge in [-0.1, -0.05) is 41.8 Å². The van der Waals surface area contributed by atoms with Gasteiger partial charge in [0.15, 0.2) is 0 Å². The van der Waals surface area contributed by atoms with Crippen LogP contribution in [0.1, 0.15) is 30.7 Å². The van der Waals surface area contributed by atoms with Gasteiger partial charge in [-0.2, -0.15) is 0 Å². The number of nitrogens with two attached hydrogens (primary N) is 1. The summed E-state index contributed by atoms with van der Waals surface area (Å²) in [4.78, 5) is 0. The Hall–Kier alpha value is -0.280. The van der Waals surface area contributed by atoms with E-state index in [1.807, 2.05) is 18.2 Å². The first kappa shape index (κ1) is 13.2.